The fraction of sp³-hybridized carbons (Fsp3) is 0.100. The fourth-order valence-corrected chi connectivity index (χ4v) is 3.13. The average molecular weight is 365 g/mol. The van der Waals surface area contributed by atoms with Gasteiger partial charge in [-0.3, -0.25) is 10.2 Å². The summed E-state index contributed by atoms with van der Waals surface area (Å²) in [5, 5.41) is 18.4. The van der Waals surface area contributed by atoms with Gasteiger partial charge in [-0.2, -0.15) is 0 Å². The van der Waals surface area contributed by atoms with Gasteiger partial charge in [0, 0.05) is 0 Å². The molecule has 0 saturated carbocycles. The molecule has 1 aliphatic heterocycles. The second-order valence-electron chi connectivity index (χ2n) is 5.85. The zero-order valence-corrected chi connectivity index (χ0v) is 14.5. The van der Waals surface area contributed by atoms with Gasteiger partial charge in [-0.1, -0.05) is 12.1 Å². The lowest BCUT2D eigenvalue weighted by Gasteiger charge is -2.23. The van der Waals surface area contributed by atoms with Gasteiger partial charge in [0.15, 0.2) is 11.3 Å². The Balaban J connectivity index is 1.97. The van der Waals surface area contributed by atoms with E-state index in [-0.39, 0.29) is 40.0 Å². The molecule has 1 aromatic heterocycles. The van der Waals surface area contributed by atoms with Gasteiger partial charge in [-0.25, -0.2) is 0 Å². The van der Waals surface area contributed by atoms with Gasteiger partial charge in [0.25, 0.3) is 0 Å². The van der Waals surface area contributed by atoms with Gasteiger partial charge >= 0.3 is 0 Å². The number of phenols is 1. The molecule has 2 N–H and O–H groups in total. The Bertz CT molecular complexity index is 1120. The minimum Gasteiger partial charge on any atom is -0.508 e. The smallest absolute Gasteiger partial charge is 0.223 e. The zero-order valence-electron chi connectivity index (χ0n) is 14.5. The topological polar surface area (TPSA) is 102 Å². The van der Waals surface area contributed by atoms with Crippen molar-refractivity contribution in [2.45, 2.75) is 0 Å². The van der Waals surface area contributed by atoms with Crippen LogP contribution in [-0.4, -0.2) is 31.0 Å². The van der Waals surface area contributed by atoms with E-state index in [4.69, 9.17) is 24.0 Å². The van der Waals surface area contributed by atoms with Crippen LogP contribution in [0.15, 0.2) is 46.6 Å². The summed E-state index contributed by atoms with van der Waals surface area (Å²) in [7, 11) is 2.87. The molecule has 0 fully saturated rings. The standard InChI is InChI=1S/C20H15NO6/c1-24-16-12-6-7-26-17(12)19(25-2)18-14(16)15(23)13(20(21)27-18)9-10-4-3-5-11(22)8-10/h3-9,21-22H,1-2H3/b13-9-,21-20?. The Kier molecular flexibility index (Phi) is 3.84. The van der Waals surface area contributed by atoms with E-state index in [1.54, 1.807) is 18.2 Å². The molecular weight excluding hydrogens is 350 g/mol. The maximum atomic E-state index is 13.2. The Morgan fingerprint density at radius 3 is 2.63 bits per heavy atom. The highest BCUT2D eigenvalue weighted by molar-refractivity contribution is 6.33. The number of fused-ring (bicyclic) bond motifs is 2. The Labute approximate surface area is 153 Å². The van der Waals surface area contributed by atoms with E-state index < -0.39 is 5.78 Å². The highest BCUT2D eigenvalue weighted by Gasteiger charge is 2.37. The van der Waals surface area contributed by atoms with Gasteiger partial charge in [0.1, 0.15) is 17.1 Å². The Morgan fingerprint density at radius 2 is 1.93 bits per heavy atom. The number of nitrogens with one attached hydrogen (secondary N) is 1. The predicted molar refractivity (Wildman–Crippen MR) is 98.1 cm³/mol. The number of rotatable bonds is 3. The summed E-state index contributed by atoms with van der Waals surface area (Å²) in [6.45, 7) is 0. The van der Waals surface area contributed by atoms with E-state index in [0.717, 1.165) is 0 Å². The van der Waals surface area contributed by atoms with Crippen molar-refractivity contribution in [3.8, 4) is 23.0 Å². The van der Waals surface area contributed by atoms with Crippen molar-refractivity contribution in [2.24, 2.45) is 0 Å². The van der Waals surface area contributed by atoms with E-state index in [1.165, 1.54) is 38.7 Å². The normalized spacial score (nSPS) is 15.0. The number of hydrogen-bond donors (Lipinski definition) is 2. The number of hydrogen-bond acceptors (Lipinski definition) is 7. The van der Waals surface area contributed by atoms with Crippen molar-refractivity contribution in [1.82, 2.24) is 0 Å². The van der Waals surface area contributed by atoms with Gasteiger partial charge < -0.3 is 23.7 Å². The maximum absolute atomic E-state index is 13.2. The van der Waals surface area contributed by atoms with Crippen molar-refractivity contribution < 1.29 is 28.5 Å². The van der Waals surface area contributed by atoms with Gasteiger partial charge in [0.05, 0.1) is 31.4 Å². The molecule has 0 saturated heterocycles. The van der Waals surface area contributed by atoms with Crippen LogP contribution >= 0.6 is 0 Å². The number of carbonyl (C=O) groups is 1. The summed E-state index contributed by atoms with van der Waals surface area (Å²) < 4.78 is 21.9. The first-order valence-corrected chi connectivity index (χ1v) is 8.02. The number of ketones is 1. The van der Waals surface area contributed by atoms with E-state index in [0.29, 0.717) is 16.5 Å². The third-order valence-electron chi connectivity index (χ3n) is 4.29. The molecule has 0 radical (unpaired) electrons. The van der Waals surface area contributed by atoms with Crippen LogP contribution in [0.4, 0.5) is 0 Å². The minimum atomic E-state index is -0.442. The number of ether oxygens (including phenoxy) is 3. The Morgan fingerprint density at radius 1 is 1.15 bits per heavy atom. The second kappa shape index (κ2) is 6.21. The van der Waals surface area contributed by atoms with Crippen LogP contribution in [0.25, 0.3) is 17.0 Å². The predicted octanol–water partition coefficient (Wildman–Crippen LogP) is 3.79. The summed E-state index contributed by atoms with van der Waals surface area (Å²) in [5.41, 5.74) is 1.13. The lowest BCUT2D eigenvalue weighted by molar-refractivity contribution is 0.102. The lowest BCUT2D eigenvalue weighted by Crippen LogP contribution is -2.25. The molecular formula is C20H15NO6. The number of furan rings is 1. The average Bonchev–Trinajstić information content (AvgIpc) is 3.12. The van der Waals surface area contributed by atoms with Crippen molar-refractivity contribution in [1.29, 1.82) is 5.41 Å². The second-order valence-corrected chi connectivity index (χ2v) is 5.85. The zero-order chi connectivity index (χ0) is 19.1. The van der Waals surface area contributed by atoms with E-state index in [1.807, 2.05) is 0 Å². The van der Waals surface area contributed by atoms with Gasteiger partial charge in [-0.05, 0) is 29.8 Å². The van der Waals surface area contributed by atoms with Crippen LogP contribution in [0.3, 0.4) is 0 Å². The van der Waals surface area contributed by atoms with Crippen LogP contribution in [0.5, 0.6) is 23.0 Å². The van der Waals surface area contributed by atoms with E-state index in [9.17, 15) is 9.90 Å². The highest BCUT2D eigenvalue weighted by atomic mass is 16.5. The molecule has 1 aliphatic rings. The largest absolute Gasteiger partial charge is 0.508 e. The van der Waals surface area contributed by atoms with Gasteiger partial charge in [-0.15, -0.1) is 0 Å². The van der Waals surface area contributed by atoms with Crippen LogP contribution in [0.1, 0.15) is 15.9 Å². The molecule has 0 unspecified atom stereocenters. The number of methoxy groups -OCH3 is 2. The molecule has 2 aromatic carbocycles. The summed E-state index contributed by atoms with van der Waals surface area (Å²) in [4.78, 5) is 13.2. The van der Waals surface area contributed by atoms with Crippen molar-refractivity contribution >= 4 is 28.7 Å². The monoisotopic (exact) mass is 365 g/mol. The third kappa shape index (κ3) is 2.52. The van der Waals surface area contributed by atoms with Crippen LogP contribution in [0, 0.1) is 5.41 Å². The van der Waals surface area contributed by atoms with Gasteiger partial charge in [0.2, 0.25) is 17.4 Å². The number of aromatic hydroxyl groups is 1. The molecule has 3 aromatic rings. The number of phenolic OH excluding ortho intramolecular Hbond substituents is 1. The SMILES string of the molecule is COc1c2c(c(OC)c3occc13)OC(=N)/C(=C\c1cccc(O)c1)C2=O. The fourth-order valence-electron chi connectivity index (χ4n) is 3.13. The summed E-state index contributed by atoms with van der Waals surface area (Å²) in [5.74, 6) is -0.126. The molecule has 0 spiro atoms. The van der Waals surface area contributed by atoms with Crippen molar-refractivity contribution in [3.05, 3.63) is 53.3 Å². The van der Waals surface area contributed by atoms with Crippen molar-refractivity contribution in [2.75, 3.05) is 14.2 Å². The molecule has 4 rings (SSSR count). The molecule has 2 heterocycles. The van der Waals surface area contributed by atoms with Crippen LogP contribution < -0.4 is 14.2 Å². The number of carbonyl (C=O) groups excluding carboxylic acids is 1. The number of benzene rings is 2. The molecule has 0 aliphatic carbocycles. The lowest BCUT2D eigenvalue weighted by atomic mass is 9.94. The minimum absolute atomic E-state index is 0.0382. The first-order valence-electron chi connectivity index (χ1n) is 8.02. The molecule has 0 bridgehead atoms. The highest BCUT2D eigenvalue weighted by Crippen LogP contribution is 2.49. The first-order chi connectivity index (χ1) is 13.0. The molecule has 27 heavy (non-hydrogen) atoms. The number of Topliss-reactive ketones (excluding diaryl/α,β-unsaturated/α-hetero) is 1. The summed E-state index contributed by atoms with van der Waals surface area (Å²) >= 11 is 0. The summed E-state index contributed by atoms with van der Waals surface area (Å²) in [6.07, 6.45) is 2.94. The quantitative estimate of drug-likeness (QED) is 0.685. The molecule has 7 nitrogen and oxygen atoms in total. The first kappa shape index (κ1) is 16.7. The molecule has 0 atom stereocenters. The van der Waals surface area contributed by atoms with Crippen LogP contribution in [-0.2, 0) is 0 Å². The maximum Gasteiger partial charge on any atom is 0.223 e. The van der Waals surface area contributed by atoms with Crippen molar-refractivity contribution in [3.63, 3.8) is 0 Å². The summed E-state index contributed by atoms with van der Waals surface area (Å²) in [6, 6.07) is 8.03. The van der Waals surface area contributed by atoms with E-state index >= 15 is 0 Å². The van der Waals surface area contributed by atoms with Crippen LogP contribution in [0.2, 0.25) is 0 Å². The third-order valence-corrected chi connectivity index (χ3v) is 4.29. The molecule has 136 valence electrons. The molecule has 0 amide bonds. The van der Waals surface area contributed by atoms with E-state index in [2.05, 4.69) is 0 Å². The Hall–Kier alpha value is -3.74. The molecule has 7 heteroatoms.